The van der Waals surface area contributed by atoms with E-state index in [1.165, 1.54) is 4.90 Å². The number of carbonyl (C=O) groups excluding carboxylic acids is 2. The van der Waals surface area contributed by atoms with E-state index in [0.717, 1.165) is 31.7 Å². The van der Waals surface area contributed by atoms with Gasteiger partial charge in [0.15, 0.2) is 11.6 Å². The Bertz CT molecular complexity index is 784. The Morgan fingerprint density at radius 1 is 1.16 bits per heavy atom. The quantitative estimate of drug-likeness (QED) is 0.893. The van der Waals surface area contributed by atoms with Gasteiger partial charge in [0.05, 0.1) is 0 Å². The number of rotatable bonds is 2. The van der Waals surface area contributed by atoms with E-state index in [1.54, 1.807) is 0 Å². The maximum Gasteiger partial charge on any atom is 0.255 e. The molecule has 1 atom stereocenters. The van der Waals surface area contributed by atoms with Gasteiger partial charge >= 0.3 is 0 Å². The predicted molar refractivity (Wildman–Crippen MR) is 87.7 cm³/mol. The second-order valence-electron chi connectivity index (χ2n) is 7.17. The molecular formula is C19H20F2N2O2. The summed E-state index contributed by atoms with van der Waals surface area (Å²) < 4.78 is 28.7. The Balaban J connectivity index is 1.72. The molecule has 1 saturated heterocycles. The third kappa shape index (κ3) is 2.55. The lowest BCUT2D eigenvalue weighted by molar-refractivity contribution is -0.126. The SMILES string of the molecule is C=C1CCC(N2Cc3c(cc(F)c(F)c3C3CCCC3)C2=O)C(=O)N1. The van der Waals surface area contributed by atoms with Crippen molar-refractivity contribution in [2.45, 2.75) is 57.0 Å². The van der Waals surface area contributed by atoms with Crippen LogP contribution in [-0.2, 0) is 11.3 Å². The molecule has 3 aliphatic rings. The fourth-order valence-corrected chi connectivity index (χ4v) is 4.39. The van der Waals surface area contributed by atoms with Crippen LogP contribution in [0.5, 0.6) is 0 Å². The highest BCUT2D eigenvalue weighted by Crippen LogP contribution is 2.42. The Morgan fingerprint density at radius 2 is 1.88 bits per heavy atom. The normalized spacial score (nSPS) is 24.0. The number of fused-ring (bicyclic) bond motifs is 1. The third-order valence-electron chi connectivity index (χ3n) is 5.65. The van der Waals surface area contributed by atoms with E-state index >= 15 is 0 Å². The number of benzene rings is 1. The molecule has 1 aliphatic carbocycles. The van der Waals surface area contributed by atoms with Crippen LogP contribution in [0.3, 0.4) is 0 Å². The van der Waals surface area contributed by atoms with E-state index in [2.05, 4.69) is 11.9 Å². The van der Waals surface area contributed by atoms with Gasteiger partial charge in [0, 0.05) is 17.8 Å². The van der Waals surface area contributed by atoms with Crippen LogP contribution in [0.2, 0.25) is 0 Å². The maximum atomic E-state index is 14.5. The van der Waals surface area contributed by atoms with Crippen LogP contribution in [0.4, 0.5) is 8.78 Å². The zero-order valence-electron chi connectivity index (χ0n) is 13.9. The molecule has 0 aromatic heterocycles. The van der Waals surface area contributed by atoms with Gasteiger partial charge in [-0.25, -0.2) is 8.78 Å². The number of halogens is 2. The number of hydrogen-bond acceptors (Lipinski definition) is 2. The summed E-state index contributed by atoms with van der Waals surface area (Å²) in [6, 6.07) is 0.374. The van der Waals surface area contributed by atoms with Gasteiger partial charge < -0.3 is 10.2 Å². The van der Waals surface area contributed by atoms with Crippen LogP contribution in [0, 0.1) is 11.6 Å². The zero-order chi connectivity index (χ0) is 17.7. The highest BCUT2D eigenvalue weighted by atomic mass is 19.2. The van der Waals surface area contributed by atoms with E-state index < -0.39 is 17.7 Å². The van der Waals surface area contributed by atoms with Crippen molar-refractivity contribution in [3.63, 3.8) is 0 Å². The van der Waals surface area contributed by atoms with Crippen molar-refractivity contribution in [1.29, 1.82) is 0 Å². The van der Waals surface area contributed by atoms with Gasteiger partial charge in [0.25, 0.3) is 5.91 Å². The zero-order valence-corrected chi connectivity index (χ0v) is 13.9. The van der Waals surface area contributed by atoms with E-state index in [0.29, 0.717) is 29.7 Å². The predicted octanol–water partition coefficient (Wildman–Crippen LogP) is 3.37. The molecule has 1 N–H and O–H groups in total. The lowest BCUT2D eigenvalue weighted by Crippen LogP contribution is -2.49. The van der Waals surface area contributed by atoms with Crippen molar-refractivity contribution in [2.24, 2.45) is 0 Å². The Hall–Kier alpha value is -2.24. The molecular weight excluding hydrogens is 326 g/mol. The molecule has 2 heterocycles. The summed E-state index contributed by atoms with van der Waals surface area (Å²) in [5.41, 5.74) is 1.75. The highest BCUT2D eigenvalue weighted by Gasteiger charge is 2.41. The second kappa shape index (κ2) is 5.93. The standard InChI is InChI=1S/C19H20F2N2O2/c1-10-6-7-15(18(24)22-10)23-9-13-12(19(23)25)8-14(20)17(21)16(13)11-4-2-3-5-11/h8,11,15H,1-7,9H2,(H,22,24). The molecule has 2 aliphatic heterocycles. The van der Waals surface area contributed by atoms with Crippen LogP contribution in [-0.4, -0.2) is 22.8 Å². The molecule has 1 unspecified atom stereocenters. The fourth-order valence-electron chi connectivity index (χ4n) is 4.39. The third-order valence-corrected chi connectivity index (χ3v) is 5.65. The molecule has 1 aromatic rings. The molecule has 1 saturated carbocycles. The summed E-state index contributed by atoms with van der Waals surface area (Å²) in [4.78, 5) is 26.5. The number of hydrogen-bond donors (Lipinski definition) is 1. The minimum absolute atomic E-state index is 0.0443. The van der Waals surface area contributed by atoms with Crippen LogP contribution in [0.25, 0.3) is 0 Å². The summed E-state index contributed by atoms with van der Waals surface area (Å²) >= 11 is 0. The van der Waals surface area contributed by atoms with Crippen LogP contribution >= 0.6 is 0 Å². The van der Waals surface area contributed by atoms with Gasteiger partial charge in [-0.15, -0.1) is 0 Å². The molecule has 1 aromatic carbocycles. The van der Waals surface area contributed by atoms with E-state index in [1.807, 2.05) is 0 Å². The van der Waals surface area contributed by atoms with Gasteiger partial charge in [-0.1, -0.05) is 19.4 Å². The minimum Gasteiger partial charge on any atom is -0.329 e. The summed E-state index contributed by atoms with van der Waals surface area (Å²) in [6.07, 6.45) is 4.67. The molecule has 0 radical (unpaired) electrons. The molecule has 4 nitrogen and oxygen atoms in total. The van der Waals surface area contributed by atoms with Gasteiger partial charge in [-0.3, -0.25) is 9.59 Å². The van der Waals surface area contributed by atoms with Crippen molar-refractivity contribution in [1.82, 2.24) is 10.2 Å². The monoisotopic (exact) mass is 346 g/mol. The molecule has 0 spiro atoms. The number of nitrogens with one attached hydrogen (secondary N) is 1. The van der Waals surface area contributed by atoms with E-state index in [9.17, 15) is 18.4 Å². The summed E-state index contributed by atoms with van der Waals surface area (Å²) in [5, 5.41) is 2.67. The lowest BCUT2D eigenvalue weighted by atomic mass is 9.90. The average Bonchev–Trinajstić information content (AvgIpc) is 3.19. The number of nitrogens with zero attached hydrogens (tertiary/aromatic N) is 1. The molecule has 2 fully saturated rings. The molecule has 6 heteroatoms. The fraction of sp³-hybridized carbons (Fsp3) is 0.474. The number of carbonyl (C=O) groups is 2. The Labute approximate surface area is 144 Å². The largest absolute Gasteiger partial charge is 0.329 e. The van der Waals surface area contributed by atoms with Gasteiger partial charge in [-0.2, -0.15) is 0 Å². The number of piperidine rings is 1. The van der Waals surface area contributed by atoms with Crippen LogP contribution in [0.1, 0.15) is 65.9 Å². The highest BCUT2D eigenvalue weighted by molar-refractivity contribution is 6.02. The number of amides is 2. The summed E-state index contributed by atoms with van der Waals surface area (Å²) in [6.45, 7) is 3.91. The molecule has 132 valence electrons. The lowest BCUT2D eigenvalue weighted by Gasteiger charge is -2.31. The van der Waals surface area contributed by atoms with Crippen molar-refractivity contribution in [3.8, 4) is 0 Å². The minimum atomic E-state index is -0.975. The topological polar surface area (TPSA) is 49.4 Å². The molecule has 25 heavy (non-hydrogen) atoms. The summed E-state index contributed by atoms with van der Waals surface area (Å²) in [7, 11) is 0. The first kappa shape index (κ1) is 16.2. The number of allylic oxidation sites excluding steroid dienone is 1. The van der Waals surface area contributed by atoms with Crippen molar-refractivity contribution >= 4 is 11.8 Å². The average molecular weight is 346 g/mol. The smallest absolute Gasteiger partial charge is 0.255 e. The first-order valence-corrected chi connectivity index (χ1v) is 8.77. The van der Waals surface area contributed by atoms with Gasteiger partial charge in [-0.05, 0) is 48.8 Å². The summed E-state index contributed by atoms with van der Waals surface area (Å²) in [5.74, 6) is -2.52. The first-order valence-electron chi connectivity index (χ1n) is 8.77. The molecule has 0 bridgehead atoms. The van der Waals surface area contributed by atoms with Crippen molar-refractivity contribution in [3.05, 3.63) is 46.7 Å². The van der Waals surface area contributed by atoms with Crippen molar-refractivity contribution in [2.75, 3.05) is 0 Å². The van der Waals surface area contributed by atoms with E-state index in [-0.39, 0.29) is 29.8 Å². The Kier molecular flexibility index (Phi) is 3.85. The Morgan fingerprint density at radius 3 is 2.56 bits per heavy atom. The van der Waals surface area contributed by atoms with Gasteiger partial charge in [0.1, 0.15) is 6.04 Å². The van der Waals surface area contributed by atoms with Crippen molar-refractivity contribution < 1.29 is 18.4 Å². The first-order chi connectivity index (χ1) is 12.0. The van der Waals surface area contributed by atoms with Crippen LogP contribution < -0.4 is 5.32 Å². The van der Waals surface area contributed by atoms with Crippen LogP contribution in [0.15, 0.2) is 18.3 Å². The maximum absolute atomic E-state index is 14.5. The van der Waals surface area contributed by atoms with Gasteiger partial charge in [0.2, 0.25) is 5.91 Å². The molecule has 4 rings (SSSR count). The molecule has 2 amide bonds. The second-order valence-corrected chi connectivity index (χ2v) is 7.17. The van der Waals surface area contributed by atoms with E-state index in [4.69, 9.17) is 0 Å².